The maximum atomic E-state index is 2.33. The van der Waals surface area contributed by atoms with Crippen LogP contribution in [0.4, 0.5) is 0 Å². The molecule has 0 aliphatic carbocycles. The first-order valence-corrected chi connectivity index (χ1v) is 53.8. The predicted molar refractivity (Wildman–Crippen MR) is 572 cm³/mol. The fourth-order valence-electron chi connectivity index (χ4n) is 16.7. The minimum Gasteiger partial charge on any atom is -0.0654 e. The molecule has 4 atom stereocenters. The van der Waals surface area contributed by atoms with E-state index in [1.807, 2.05) is 0 Å². The zero-order chi connectivity index (χ0) is 97.5. The zero-order valence-corrected chi connectivity index (χ0v) is 97.5. The van der Waals surface area contributed by atoms with Gasteiger partial charge in [0.05, 0.1) is 0 Å². The van der Waals surface area contributed by atoms with E-state index in [2.05, 4.69) is 443 Å². The summed E-state index contributed by atoms with van der Waals surface area (Å²) >= 11 is 0. The van der Waals surface area contributed by atoms with Crippen LogP contribution in [0.15, 0.2) is 0 Å². The second-order valence-corrected chi connectivity index (χ2v) is 45.7. The molecule has 0 fully saturated rings. The minimum atomic E-state index is 0.843. The van der Waals surface area contributed by atoms with Crippen molar-refractivity contribution >= 4 is 0 Å². The van der Waals surface area contributed by atoms with Crippen molar-refractivity contribution in [2.75, 3.05) is 0 Å². The van der Waals surface area contributed by atoms with Crippen molar-refractivity contribution < 1.29 is 0 Å². The SMILES string of the molecule is CC(C)C(C)C(C)C.CC(C)C(C)C(C)C.CC(C)C(C)C(C)C.CC(C)C(C)C(C)C.CCC(C(C)C)C(C)C.CCC(C(C)C)C(C)C.CCC(C(C)C)C(C)C.CCC(C(C)C)C(C)C.CCC(CC)C(C)C.CCC(CC)C(C)C.CCC[C@@H](C)C(C)C.CCC[C@@H](CC)C(C)C.CCC[C@H](C)C(C)C.CCC[C@H](CC)C(C)C. The van der Waals surface area contributed by atoms with E-state index >= 15 is 0 Å². The molecule has 0 rings (SSSR count). The Morgan fingerprint density at radius 2 is 0.229 bits per heavy atom. The van der Waals surface area contributed by atoms with Gasteiger partial charge in [0.25, 0.3) is 0 Å². The fourth-order valence-corrected chi connectivity index (χ4v) is 16.7. The molecule has 0 aromatic heterocycles. The van der Waals surface area contributed by atoms with Gasteiger partial charge in [0.1, 0.15) is 0 Å². The van der Waals surface area contributed by atoms with Crippen LogP contribution in [0.3, 0.4) is 0 Å². The van der Waals surface area contributed by atoms with E-state index in [0.717, 1.165) is 213 Å². The fraction of sp³-hybridized carbons (Fsp3) is 1.00. The van der Waals surface area contributed by atoms with E-state index < -0.39 is 0 Å². The molecule has 736 valence electrons. The van der Waals surface area contributed by atoms with Crippen LogP contribution in [0.25, 0.3) is 0 Å². The van der Waals surface area contributed by atoms with Gasteiger partial charge in [-0.05, 0) is 213 Å². The Morgan fingerprint density at radius 1 is 0.110 bits per heavy atom. The van der Waals surface area contributed by atoms with E-state index in [0.29, 0.717) is 0 Å². The largest absolute Gasteiger partial charge is 0.0654 e. The monoisotopic (exact) mass is 1680 g/mol. The standard InChI is InChI=1S/6C9H20.8C8H18/c4*1-6-9(7(2)3)8(4)5;2*1-5-7-9(6-2)8(3)4;4*1-6(2)8(5)7(3)4;2*1-5-6-8(4)7(2)3;2*1-5-8(6-2)7(3)4/h4*7-9H,6H2,1-5H3;2*8-9H,5-7H2,1-4H3;4*6-8H,1-5H3;4*7-8H,5-6H2,1-4H3/t;;;;2*9-;;;;;2*8-;;/m....10....10../s1. The maximum absolute atomic E-state index is 2.33. The lowest BCUT2D eigenvalue weighted by atomic mass is 9.84. The smallest absolute Gasteiger partial charge is 0.0371 e. The number of hydrogen-bond donors (Lipinski definition) is 0. The molecule has 0 heterocycles. The van der Waals surface area contributed by atoms with Crippen molar-refractivity contribution in [3.63, 3.8) is 0 Å². The summed E-state index contributed by atoms with van der Waals surface area (Å²) in [5, 5.41) is 0. The first kappa shape index (κ1) is 149. The Morgan fingerprint density at radius 3 is 0.246 bits per heavy atom. The number of rotatable bonds is 40. The molecule has 0 radical (unpaired) electrons. The average molecular weight is 1680 g/mol. The second kappa shape index (κ2) is 99.2. The summed E-state index contributed by atoms with van der Waals surface area (Å²) in [4.78, 5) is 0. The van der Waals surface area contributed by atoms with Gasteiger partial charge in [-0.3, -0.25) is 0 Å². The highest BCUT2D eigenvalue weighted by Gasteiger charge is 2.19. The molecule has 0 N–H and O–H groups in total. The molecule has 0 bridgehead atoms. The molecule has 0 saturated carbocycles. The molecule has 0 aliphatic rings. The van der Waals surface area contributed by atoms with Crippen molar-refractivity contribution in [1.82, 2.24) is 0 Å². The van der Waals surface area contributed by atoms with Gasteiger partial charge in [-0.1, -0.05) is 559 Å². The summed E-state index contributed by atoms with van der Waals surface area (Å²) in [7, 11) is 0. The van der Waals surface area contributed by atoms with E-state index in [1.165, 1.54) is 116 Å². The molecule has 0 nitrogen and oxygen atoms in total. The van der Waals surface area contributed by atoms with Crippen LogP contribution in [0, 0.1) is 213 Å². The molecule has 0 spiro atoms. The summed E-state index contributed by atoms with van der Waals surface area (Å²) in [5.41, 5.74) is 0. The summed E-state index contributed by atoms with van der Waals surface area (Å²) in [6.07, 6.45) is 24.3. The highest BCUT2D eigenvalue weighted by Crippen LogP contribution is 2.29. The molecule has 0 aliphatic heterocycles. The Balaban J connectivity index is -0.0000000823. The van der Waals surface area contributed by atoms with Gasteiger partial charge < -0.3 is 0 Å². The van der Waals surface area contributed by atoms with Crippen molar-refractivity contribution in [1.29, 1.82) is 0 Å². The van der Waals surface area contributed by atoms with E-state index in [1.54, 1.807) is 0 Å². The van der Waals surface area contributed by atoms with Gasteiger partial charge in [-0.2, -0.15) is 0 Å². The third-order valence-corrected chi connectivity index (χ3v) is 29.1. The second-order valence-electron chi connectivity index (χ2n) is 45.7. The lowest BCUT2D eigenvalue weighted by Crippen LogP contribution is -2.13. The Labute approximate surface area is 767 Å². The minimum absolute atomic E-state index is 0.843. The zero-order valence-electron chi connectivity index (χ0n) is 97.5. The van der Waals surface area contributed by atoms with Gasteiger partial charge in [-0.25, -0.2) is 0 Å². The Bertz CT molecular complexity index is 1420. The molecule has 0 aromatic carbocycles. The molecular weight excluding hydrogens is 1420 g/mol. The first-order valence-electron chi connectivity index (χ1n) is 53.8. The van der Waals surface area contributed by atoms with Gasteiger partial charge >= 0.3 is 0 Å². The first-order chi connectivity index (χ1) is 53.8. The van der Waals surface area contributed by atoms with Gasteiger partial charge in [0.2, 0.25) is 0 Å². The Kier molecular flexibility index (Phi) is 126. The molecule has 0 saturated heterocycles. The van der Waals surface area contributed by atoms with E-state index in [9.17, 15) is 0 Å². The molecular formula is C118H264. The summed E-state index contributed by atoms with van der Waals surface area (Å²) in [6, 6.07) is 0. The lowest BCUT2D eigenvalue weighted by molar-refractivity contribution is 0.279. The van der Waals surface area contributed by atoms with Gasteiger partial charge in [0.15, 0.2) is 0 Å². The van der Waals surface area contributed by atoms with Crippen LogP contribution >= 0.6 is 0 Å². The third kappa shape index (κ3) is 107. The molecule has 0 unspecified atom stereocenters. The number of hydrogen-bond acceptors (Lipinski definition) is 0. The van der Waals surface area contributed by atoms with Crippen LogP contribution in [0.1, 0.15) is 559 Å². The van der Waals surface area contributed by atoms with E-state index in [4.69, 9.17) is 0 Å². The van der Waals surface area contributed by atoms with Crippen LogP contribution in [-0.2, 0) is 0 Å². The average Bonchev–Trinajstić information content (AvgIpc) is 0.949. The summed E-state index contributed by atoms with van der Waals surface area (Å²) in [5.74, 6) is 31.7. The predicted octanol–water partition coefficient (Wildman–Crippen LogP) is 44.3. The molecule has 0 heteroatoms. The highest BCUT2D eigenvalue weighted by atomic mass is 14.3. The normalized spacial score (nSPS) is 12.6. The quantitative estimate of drug-likeness (QED) is 0.0574. The van der Waals surface area contributed by atoms with Crippen LogP contribution in [0.5, 0.6) is 0 Å². The van der Waals surface area contributed by atoms with E-state index in [-0.39, 0.29) is 0 Å². The van der Waals surface area contributed by atoms with Crippen LogP contribution in [0.2, 0.25) is 0 Å². The molecule has 0 aromatic rings. The summed E-state index contributed by atoms with van der Waals surface area (Å²) < 4.78 is 0. The molecule has 118 heavy (non-hydrogen) atoms. The van der Waals surface area contributed by atoms with Crippen LogP contribution in [-0.4, -0.2) is 0 Å². The Hall–Kier alpha value is 0. The van der Waals surface area contributed by atoms with Gasteiger partial charge in [0, 0.05) is 0 Å². The topological polar surface area (TPSA) is 0 Å². The highest BCUT2D eigenvalue weighted by molar-refractivity contribution is 4.70. The van der Waals surface area contributed by atoms with Crippen molar-refractivity contribution in [2.45, 2.75) is 559 Å². The maximum Gasteiger partial charge on any atom is -0.0371 e. The van der Waals surface area contributed by atoms with Crippen molar-refractivity contribution in [2.24, 2.45) is 213 Å². The molecule has 0 amide bonds. The lowest BCUT2D eigenvalue weighted by Gasteiger charge is -2.22. The van der Waals surface area contributed by atoms with Crippen LogP contribution < -0.4 is 0 Å². The third-order valence-electron chi connectivity index (χ3n) is 29.1. The van der Waals surface area contributed by atoms with Gasteiger partial charge in [-0.15, -0.1) is 0 Å². The van der Waals surface area contributed by atoms with Crippen molar-refractivity contribution in [3.05, 3.63) is 0 Å². The van der Waals surface area contributed by atoms with Crippen molar-refractivity contribution in [3.8, 4) is 0 Å². The summed E-state index contributed by atoms with van der Waals surface area (Å²) in [6.45, 7) is 147.